The van der Waals surface area contributed by atoms with Gasteiger partial charge in [0.2, 0.25) is 0 Å². The minimum atomic E-state index is 0.522. The van der Waals surface area contributed by atoms with Crippen LogP contribution >= 0.6 is 0 Å². The lowest BCUT2D eigenvalue weighted by Gasteiger charge is -2.48. The van der Waals surface area contributed by atoms with Crippen LogP contribution < -0.4 is 5.32 Å². The molecule has 0 aromatic carbocycles. The molecular formula is C17H34N2. The van der Waals surface area contributed by atoms with E-state index in [2.05, 4.69) is 37.9 Å². The summed E-state index contributed by atoms with van der Waals surface area (Å²) in [4.78, 5) is 2.82. The van der Waals surface area contributed by atoms with Gasteiger partial charge in [-0.2, -0.15) is 0 Å². The van der Waals surface area contributed by atoms with Crippen molar-refractivity contribution in [2.45, 2.75) is 78.3 Å². The monoisotopic (exact) mass is 266 g/mol. The lowest BCUT2D eigenvalue weighted by atomic mass is 9.77. The molecule has 1 aliphatic carbocycles. The molecular weight excluding hydrogens is 232 g/mol. The number of nitrogens with one attached hydrogen (secondary N) is 1. The fourth-order valence-corrected chi connectivity index (χ4v) is 4.26. The summed E-state index contributed by atoms with van der Waals surface area (Å²) in [6.07, 6.45) is 8.39. The first-order chi connectivity index (χ1) is 9.05. The Morgan fingerprint density at radius 1 is 1.21 bits per heavy atom. The van der Waals surface area contributed by atoms with E-state index < -0.39 is 0 Å². The Balaban J connectivity index is 2.03. The van der Waals surface area contributed by atoms with Gasteiger partial charge in [-0.3, -0.25) is 4.90 Å². The fraction of sp³-hybridized carbons (Fsp3) is 1.00. The first-order valence-corrected chi connectivity index (χ1v) is 8.53. The number of likely N-dealkylation sites (tertiary alicyclic amines) is 1. The maximum atomic E-state index is 3.76. The molecule has 0 radical (unpaired) electrons. The van der Waals surface area contributed by atoms with E-state index in [0.717, 1.165) is 24.5 Å². The molecule has 0 bridgehead atoms. The van der Waals surface area contributed by atoms with Gasteiger partial charge >= 0.3 is 0 Å². The van der Waals surface area contributed by atoms with E-state index in [9.17, 15) is 0 Å². The molecule has 0 aromatic rings. The number of likely N-dealkylation sites (N-methyl/N-ethyl adjacent to an activating group) is 1. The van der Waals surface area contributed by atoms with Crippen molar-refractivity contribution in [3.05, 3.63) is 0 Å². The minimum Gasteiger partial charge on any atom is -0.313 e. The first-order valence-electron chi connectivity index (χ1n) is 8.53. The van der Waals surface area contributed by atoms with E-state index in [-0.39, 0.29) is 0 Å². The molecule has 1 saturated carbocycles. The van der Waals surface area contributed by atoms with E-state index in [0.29, 0.717) is 5.41 Å². The van der Waals surface area contributed by atoms with Crippen molar-refractivity contribution in [3.8, 4) is 0 Å². The van der Waals surface area contributed by atoms with Crippen LogP contribution in [0.1, 0.15) is 66.2 Å². The lowest BCUT2D eigenvalue weighted by Crippen LogP contribution is -2.56. The van der Waals surface area contributed by atoms with Crippen molar-refractivity contribution in [1.82, 2.24) is 10.2 Å². The number of piperidine rings is 1. The average Bonchev–Trinajstić information content (AvgIpc) is 2.38. The Bertz CT molecular complexity index is 274. The van der Waals surface area contributed by atoms with Crippen molar-refractivity contribution in [2.75, 3.05) is 19.6 Å². The van der Waals surface area contributed by atoms with Crippen molar-refractivity contribution in [1.29, 1.82) is 0 Å². The van der Waals surface area contributed by atoms with Gasteiger partial charge in [0, 0.05) is 18.6 Å². The van der Waals surface area contributed by atoms with Crippen LogP contribution in [0.3, 0.4) is 0 Å². The first kappa shape index (κ1) is 15.3. The highest BCUT2D eigenvalue weighted by atomic mass is 15.2. The van der Waals surface area contributed by atoms with Crippen LogP contribution in [0.2, 0.25) is 0 Å². The summed E-state index contributed by atoms with van der Waals surface area (Å²) in [6.45, 7) is 13.3. The topological polar surface area (TPSA) is 15.3 Å². The highest BCUT2D eigenvalue weighted by molar-refractivity contribution is 4.94. The third-order valence-corrected chi connectivity index (χ3v) is 5.37. The van der Waals surface area contributed by atoms with Crippen LogP contribution in [0, 0.1) is 11.3 Å². The standard InChI is InChI=1S/C17H34N2/c1-5-14-8-9-15(18-6-2)16(12-14)19-11-7-10-17(3,4)13-19/h14-16,18H,5-13H2,1-4H3. The number of nitrogens with zero attached hydrogens (tertiary/aromatic N) is 1. The second-order valence-corrected chi connectivity index (χ2v) is 7.56. The third kappa shape index (κ3) is 3.95. The predicted molar refractivity (Wildman–Crippen MR) is 83.5 cm³/mol. The van der Waals surface area contributed by atoms with Gasteiger partial charge in [0.05, 0.1) is 0 Å². The molecule has 1 N–H and O–H groups in total. The van der Waals surface area contributed by atoms with Crippen LogP contribution in [0.5, 0.6) is 0 Å². The molecule has 0 amide bonds. The Morgan fingerprint density at radius 2 is 2.00 bits per heavy atom. The molecule has 1 saturated heterocycles. The highest BCUT2D eigenvalue weighted by Gasteiger charge is 2.37. The number of hydrogen-bond donors (Lipinski definition) is 1. The van der Waals surface area contributed by atoms with Gasteiger partial charge in [-0.25, -0.2) is 0 Å². The van der Waals surface area contributed by atoms with Crippen LogP contribution in [0.4, 0.5) is 0 Å². The molecule has 2 fully saturated rings. The van der Waals surface area contributed by atoms with Crippen molar-refractivity contribution in [2.24, 2.45) is 11.3 Å². The van der Waals surface area contributed by atoms with Gasteiger partial charge < -0.3 is 5.32 Å². The van der Waals surface area contributed by atoms with Gasteiger partial charge in [-0.15, -0.1) is 0 Å². The number of hydrogen-bond acceptors (Lipinski definition) is 2. The molecule has 0 spiro atoms. The molecule has 3 unspecified atom stereocenters. The Morgan fingerprint density at radius 3 is 2.63 bits per heavy atom. The average molecular weight is 266 g/mol. The normalized spacial score (nSPS) is 36.3. The van der Waals surface area contributed by atoms with E-state index in [4.69, 9.17) is 0 Å². The minimum absolute atomic E-state index is 0.522. The SMILES string of the molecule is CCNC1CCC(CC)CC1N1CCCC(C)(C)C1. The molecule has 19 heavy (non-hydrogen) atoms. The molecule has 1 aliphatic heterocycles. The molecule has 112 valence electrons. The van der Waals surface area contributed by atoms with Crippen molar-refractivity contribution >= 4 is 0 Å². The quantitative estimate of drug-likeness (QED) is 0.835. The summed E-state index contributed by atoms with van der Waals surface area (Å²) in [5.41, 5.74) is 0.522. The van der Waals surface area contributed by atoms with E-state index in [1.807, 2.05) is 0 Å². The summed E-state index contributed by atoms with van der Waals surface area (Å²) in [6, 6.07) is 1.53. The van der Waals surface area contributed by atoms with E-state index in [1.165, 1.54) is 51.6 Å². The van der Waals surface area contributed by atoms with Crippen LogP contribution in [0.15, 0.2) is 0 Å². The second-order valence-electron chi connectivity index (χ2n) is 7.56. The van der Waals surface area contributed by atoms with Crippen molar-refractivity contribution < 1.29 is 0 Å². The van der Waals surface area contributed by atoms with Crippen LogP contribution in [-0.2, 0) is 0 Å². The molecule has 0 aromatic heterocycles. The zero-order valence-electron chi connectivity index (χ0n) is 13.5. The highest BCUT2D eigenvalue weighted by Crippen LogP contribution is 2.35. The summed E-state index contributed by atoms with van der Waals surface area (Å²) in [5, 5.41) is 3.76. The van der Waals surface area contributed by atoms with E-state index >= 15 is 0 Å². The molecule has 2 rings (SSSR count). The molecule has 1 heterocycles. The van der Waals surface area contributed by atoms with Crippen molar-refractivity contribution in [3.63, 3.8) is 0 Å². The molecule has 2 heteroatoms. The van der Waals surface area contributed by atoms with Gasteiger partial charge in [0.25, 0.3) is 0 Å². The molecule has 2 nitrogen and oxygen atoms in total. The van der Waals surface area contributed by atoms with Gasteiger partial charge in [0.15, 0.2) is 0 Å². The summed E-state index contributed by atoms with van der Waals surface area (Å²) in [7, 11) is 0. The van der Waals surface area contributed by atoms with Gasteiger partial charge in [-0.1, -0.05) is 34.1 Å². The third-order valence-electron chi connectivity index (χ3n) is 5.37. The zero-order chi connectivity index (χ0) is 13.9. The number of rotatable bonds is 4. The maximum Gasteiger partial charge on any atom is 0.0252 e. The van der Waals surface area contributed by atoms with Crippen LogP contribution in [-0.4, -0.2) is 36.6 Å². The summed E-state index contributed by atoms with van der Waals surface area (Å²) < 4.78 is 0. The van der Waals surface area contributed by atoms with E-state index in [1.54, 1.807) is 0 Å². The van der Waals surface area contributed by atoms with Gasteiger partial charge in [-0.05, 0) is 56.5 Å². The van der Waals surface area contributed by atoms with Gasteiger partial charge in [0.1, 0.15) is 0 Å². The Labute approximate surface area is 120 Å². The predicted octanol–water partition coefficient (Wildman–Crippen LogP) is 3.67. The Hall–Kier alpha value is -0.0800. The summed E-state index contributed by atoms with van der Waals surface area (Å²) >= 11 is 0. The second kappa shape index (κ2) is 6.58. The van der Waals surface area contributed by atoms with Crippen LogP contribution in [0.25, 0.3) is 0 Å². The molecule has 3 atom stereocenters. The molecule has 2 aliphatic rings. The fourth-order valence-electron chi connectivity index (χ4n) is 4.26. The lowest BCUT2D eigenvalue weighted by molar-refractivity contribution is 0.0321. The smallest absolute Gasteiger partial charge is 0.0252 e. The maximum absolute atomic E-state index is 3.76. The largest absolute Gasteiger partial charge is 0.313 e. The summed E-state index contributed by atoms with van der Waals surface area (Å²) in [5.74, 6) is 0.963. The zero-order valence-corrected chi connectivity index (χ0v) is 13.5. The Kier molecular flexibility index (Phi) is 5.30.